The van der Waals surface area contributed by atoms with Gasteiger partial charge in [-0.2, -0.15) is 0 Å². The van der Waals surface area contributed by atoms with E-state index in [0.29, 0.717) is 17.9 Å². The van der Waals surface area contributed by atoms with Gasteiger partial charge in [0.15, 0.2) is 0 Å². The molecule has 0 atom stereocenters. The molecule has 0 saturated heterocycles. The van der Waals surface area contributed by atoms with Crippen molar-refractivity contribution in [3.63, 3.8) is 0 Å². The Morgan fingerprint density at radius 1 is 1.16 bits per heavy atom. The molecule has 0 unspecified atom stereocenters. The summed E-state index contributed by atoms with van der Waals surface area (Å²) < 4.78 is 5.28. The van der Waals surface area contributed by atoms with Gasteiger partial charge in [0.05, 0.1) is 6.10 Å². The van der Waals surface area contributed by atoms with E-state index < -0.39 is 0 Å². The highest BCUT2D eigenvalue weighted by Gasteiger charge is 2.26. The summed E-state index contributed by atoms with van der Waals surface area (Å²) in [6.07, 6.45) is 6.39. The van der Waals surface area contributed by atoms with E-state index in [1.54, 1.807) is 0 Å². The number of methoxy groups -OCH3 is 1. The van der Waals surface area contributed by atoms with Crippen LogP contribution >= 0.6 is 0 Å². The third-order valence-electron chi connectivity index (χ3n) is 2.91. The highest BCUT2D eigenvalue weighted by atomic mass is 16.5. The molecule has 3 nitrogen and oxygen atoms in total. The summed E-state index contributed by atoms with van der Waals surface area (Å²) in [4.78, 5) is 9.29. The molecular formula is C16H37NO2. The Kier molecular flexibility index (Phi) is 21.6. The average Bonchev–Trinajstić information content (AvgIpc) is 2.45. The minimum Gasteiger partial charge on any atom is -0.381 e. The normalized spacial score (nSPS) is 16.4. The molecule has 1 fully saturated rings. The summed E-state index contributed by atoms with van der Waals surface area (Å²) in [6.45, 7) is 15.3. The Morgan fingerprint density at radius 3 is 1.79 bits per heavy atom. The first kappa shape index (κ1) is 23.5. The van der Waals surface area contributed by atoms with Crippen molar-refractivity contribution in [1.29, 1.82) is 0 Å². The van der Waals surface area contributed by atoms with Gasteiger partial charge in [0.25, 0.3) is 0 Å². The Bertz CT molecular complexity index is 160. The van der Waals surface area contributed by atoms with Crippen LogP contribution in [0, 0.1) is 5.41 Å². The maximum atomic E-state index is 9.29. The summed E-state index contributed by atoms with van der Waals surface area (Å²) in [5.74, 6) is 0. The lowest BCUT2D eigenvalue weighted by Crippen LogP contribution is -2.25. The maximum Gasteiger partial charge on any atom is 0.207 e. The molecule has 1 aliphatic rings. The van der Waals surface area contributed by atoms with Crippen LogP contribution in [-0.4, -0.2) is 26.2 Å². The van der Waals surface area contributed by atoms with E-state index >= 15 is 0 Å². The fraction of sp³-hybridized carbons (Fsp3) is 0.938. The summed E-state index contributed by atoms with van der Waals surface area (Å²) >= 11 is 0. The second-order valence-electron chi connectivity index (χ2n) is 4.77. The van der Waals surface area contributed by atoms with Crippen LogP contribution in [-0.2, 0) is 9.53 Å². The molecule has 0 bridgehead atoms. The van der Waals surface area contributed by atoms with Crippen LogP contribution in [0.3, 0.4) is 0 Å². The van der Waals surface area contributed by atoms with E-state index in [0.717, 1.165) is 6.54 Å². The van der Waals surface area contributed by atoms with Gasteiger partial charge in [-0.15, -0.1) is 0 Å². The fourth-order valence-corrected chi connectivity index (χ4v) is 1.69. The zero-order chi connectivity index (χ0) is 15.7. The molecule has 1 N–H and O–H groups in total. The van der Waals surface area contributed by atoms with Crippen LogP contribution in [0.25, 0.3) is 0 Å². The Hall–Kier alpha value is -0.570. The van der Waals surface area contributed by atoms with E-state index in [1.165, 1.54) is 25.7 Å². The van der Waals surface area contributed by atoms with E-state index in [1.807, 2.05) is 41.7 Å². The minimum absolute atomic E-state index is 0.549. The van der Waals surface area contributed by atoms with Crippen molar-refractivity contribution in [2.45, 2.75) is 80.3 Å². The van der Waals surface area contributed by atoms with Gasteiger partial charge in [0, 0.05) is 13.7 Å². The van der Waals surface area contributed by atoms with Gasteiger partial charge in [0.1, 0.15) is 0 Å². The van der Waals surface area contributed by atoms with Gasteiger partial charge in [0.2, 0.25) is 6.41 Å². The number of carbonyl (C=O) groups is 1. The van der Waals surface area contributed by atoms with Gasteiger partial charge in [-0.3, -0.25) is 4.79 Å². The first-order valence-electron chi connectivity index (χ1n) is 7.75. The second kappa shape index (κ2) is 17.4. The molecule has 0 spiro atoms. The highest BCUT2D eigenvalue weighted by Crippen LogP contribution is 2.35. The minimum atomic E-state index is 0.549. The molecule has 0 radical (unpaired) electrons. The van der Waals surface area contributed by atoms with Gasteiger partial charge in [-0.05, 0) is 38.0 Å². The van der Waals surface area contributed by atoms with E-state index in [-0.39, 0.29) is 0 Å². The summed E-state index contributed by atoms with van der Waals surface area (Å²) in [6, 6.07) is 0. The largest absolute Gasteiger partial charge is 0.381 e. The summed E-state index contributed by atoms with van der Waals surface area (Å²) in [5, 5.41) is 2.43. The van der Waals surface area contributed by atoms with Crippen molar-refractivity contribution in [2.75, 3.05) is 13.7 Å². The van der Waals surface area contributed by atoms with Gasteiger partial charge in [-0.25, -0.2) is 0 Å². The molecule has 0 aromatic carbocycles. The van der Waals surface area contributed by atoms with Gasteiger partial charge in [-0.1, -0.05) is 41.5 Å². The quantitative estimate of drug-likeness (QED) is 0.775. The van der Waals surface area contributed by atoms with Gasteiger partial charge >= 0.3 is 0 Å². The van der Waals surface area contributed by atoms with Crippen LogP contribution in [0.15, 0.2) is 0 Å². The van der Waals surface area contributed by atoms with Crippen LogP contribution in [0.1, 0.15) is 74.1 Å². The second-order valence-corrected chi connectivity index (χ2v) is 4.77. The lowest BCUT2D eigenvalue weighted by Gasteiger charge is -2.33. The molecule has 1 rings (SSSR count). The molecule has 118 valence electrons. The smallest absolute Gasteiger partial charge is 0.207 e. The van der Waals surface area contributed by atoms with Gasteiger partial charge < -0.3 is 10.1 Å². The third-order valence-corrected chi connectivity index (χ3v) is 2.91. The van der Waals surface area contributed by atoms with Crippen LogP contribution in [0.5, 0.6) is 0 Å². The van der Waals surface area contributed by atoms with Crippen molar-refractivity contribution in [3.05, 3.63) is 0 Å². The molecular weight excluding hydrogens is 238 g/mol. The van der Waals surface area contributed by atoms with E-state index in [9.17, 15) is 4.79 Å². The number of carbonyl (C=O) groups excluding carboxylic acids is 1. The molecule has 0 aromatic heterocycles. The van der Waals surface area contributed by atoms with Crippen molar-refractivity contribution < 1.29 is 9.53 Å². The Morgan fingerprint density at radius 2 is 1.58 bits per heavy atom. The van der Waals surface area contributed by atoms with Crippen molar-refractivity contribution in [1.82, 2.24) is 5.32 Å². The first-order chi connectivity index (χ1) is 9.05. The lowest BCUT2D eigenvalue weighted by atomic mass is 9.76. The zero-order valence-corrected chi connectivity index (χ0v) is 14.5. The molecule has 1 amide bonds. The van der Waals surface area contributed by atoms with E-state index in [4.69, 9.17) is 4.74 Å². The zero-order valence-electron chi connectivity index (χ0n) is 14.5. The SMILES string of the molecule is CC.CC.CCNC=O.COC1CCC(C)(C)CC1. The number of ether oxygens (including phenoxy) is 1. The van der Waals surface area contributed by atoms with Crippen LogP contribution < -0.4 is 5.32 Å². The van der Waals surface area contributed by atoms with E-state index in [2.05, 4.69) is 19.2 Å². The number of hydrogen-bond donors (Lipinski definition) is 1. The highest BCUT2D eigenvalue weighted by molar-refractivity contribution is 5.45. The van der Waals surface area contributed by atoms with Crippen LogP contribution in [0.4, 0.5) is 0 Å². The third kappa shape index (κ3) is 17.4. The van der Waals surface area contributed by atoms with Crippen LogP contribution in [0.2, 0.25) is 0 Å². The summed E-state index contributed by atoms with van der Waals surface area (Å²) in [7, 11) is 1.82. The topological polar surface area (TPSA) is 38.3 Å². The van der Waals surface area contributed by atoms with Crippen molar-refractivity contribution in [2.24, 2.45) is 5.41 Å². The number of amides is 1. The first-order valence-corrected chi connectivity index (χ1v) is 7.75. The standard InChI is InChI=1S/C9H18O.C3H7NO.2C2H6/c1-9(2)6-4-8(10-3)5-7-9;1-2-4-3-5;2*1-2/h8H,4-7H2,1-3H3;3H,2H2,1H3,(H,4,5);2*1-2H3. The molecule has 0 aromatic rings. The van der Waals surface area contributed by atoms with Crippen molar-refractivity contribution in [3.8, 4) is 0 Å². The molecule has 19 heavy (non-hydrogen) atoms. The molecule has 3 heteroatoms. The number of nitrogens with one attached hydrogen (secondary N) is 1. The predicted molar refractivity (Wildman–Crippen MR) is 85.5 cm³/mol. The number of hydrogen-bond acceptors (Lipinski definition) is 2. The molecule has 0 aliphatic heterocycles. The Labute approximate surface area is 121 Å². The average molecular weight is 275 g/mol. The van der Waals surface area contributed by atoms with Crippen molar-refractivity contribution >= 4 is 6.41 Å². The molecule has 0 heterocycles. The monoisotopic (exact) mass is 275 g/mol. The number of rotatable bonds is 3. The summed E-state index contributed by atoms with van der Waals surface area (Å²) in [5.41, 5.74) is 0.578. The molecule has 1 aliphatic carbocycles. The molecule has 1 saturated carbocycles. The lowest BCUT2D eigenvalue weighted by molar-refractivity contribution is -0.109. The maximum absolute atomic E-state index is 9.29. The fourth-order valence-electron chi connectivity index (χ4n) is 1.69. The Balaban J connectivity index is -0.000000242. The predicted octanol–water partition coefficient (Wildman–Crippen LogP) is 4.41.